The molecule has 3 heterocycles. The molecule has 5 rings (SSSR count). The molecule has 3 N–H and O–H groups in total. The van der Waals surface area contributed by atoms with Crippen molar-refractivity contribution in [2.45, 2.75) is 26.3 Å². The Morgan fingerprint density at radius 3 is 2.74 bits per heavy atom. The molecule has 42 heavy (non-hydrogen) atoms. The number of hydrogen-bond acceptors (Lipinski definition) is 9. The van der Waals surface area contributed by atoms with Crippen molar-refractivity contribution in [3.05, 3.63) is 54.5 Å². The van der Waals surface area contributed by atoms with Gasteiger partial charge in [0.2, 0.25) is 10.0 Å². The van der Waals surface area contributed by atoms with Crippen LogP contribution in [0.1, 0.15) is 20.3 Å². The van der Waals surface area contributed by atoms with E-state index in [1.165, 1.54) is 6.07 Å². The van der Waals surface area contributed by atoms with E-state index in [1.807, 2.05) is 13.8 Å². The van der Waals surface area contributed by atoms with Crippen molar-refractivity contribution in [1.29, 1.82) is 0 Å². The quantitative estimate of drug-likeness (QED) is 0.264. The van der Waals surface area contributed by atoms with Crippen molar-refractivity contribution >= 4 is 38.2 Å². The summed E-state index contributed by atoms with van der Waals surface area (Å²) in [5.41, 5.74) is 7.36. The Morgan fingerprint density at radius 1 is 1.19 bits per heavy atom. The molecule has 1 aliphatic rings. The van der Waals surface area contributed by atoms with Crippen molar-refractivity contribution in [2.24, 2.45) is 0 Å². The third kappa shape index (κ3) is 6.21. The Bertz CT molecular complexity index is 1690. The molecule has 0 unspecified atom stereocenters. The maximum Gasteiger partial charge on any atom is 0.232 e. The highest BCUT2D eigenvalue weighted by Gasteiger charge is 2.26. The minimum atomic E-state index is -3.94. The molecular weight excluding hydrogens is 566 g/mol. The monoisotopic (exact) mass is 598 g/mol. The normalized spacial score (nSPS) is 15.6. The number of sulfonamides is 1. The summed E-state index contributed by atoms with van der Waals surface area (Å²) in [4.78, 5) is 16.1. The predicted octanol–water partition coefficient (Wildman–Crippen LogP) is 4.81. The van der Waals surface area contributed by atoms with Crippen molar-refractivity contribution < 1.29 is 26.7 Å². The molecule has 0 spiro atoms. The van der Waals surface area contributed by atoms with Crippen LogP contribution in [0.15, 0.2) is 48.7 Å². The van der Waals surface area contributed by atoms with Crippen LogP contribution in [0.25, 0.3) is 33.4 Å². The summed E-state index contributed by atoms with van der Waals surface area (Å²) in [6.45, 7) is 4.98. The van der Waals surface area contributed by atoms with Crippen LogP contribution in [-0.4, -0.2) is 68.2 Å². The second-order valence-corrected chi connectivity index (χ2v) is 11.7. The van der Waals surface area contributed by atoms with Gasteiger partial charge in [0.05, 0.1) is 44.0 Å². The van der Waals surface area contributed by atoms with Gasteiger partial charge in [0.15, 0.2) is 11.6 Å². The lowest BCUT2D eigenvalue weighted by atomic mass is 10.0. The molecule has 0 amide bonds. The van der Waals surface area contributed by atoms with Crippen LogP contribution >= 0.6 is 0 Å². The van der Waals surface area contributed by atoms with Crippen LogP contribution in [0, 0.1) is 5.82 Å². The highest BCUT2D eigenvalue weighted by Crippen LogP contribution is 2.39. The van der Waals surface area contributed by atoms with Gasteiger partial charge in [-0.25, -0.2) is 27.8 Å². The Kier molecular flexibility index (Phi) is 8.69. The summed E-state index contributed by atoms with van der Waals surface area (Å²) in [5.74, 6) is 0.599. The van der Waals surface area contributed by atoms with Gasteiger partial charge in [0.25, 0.3) is 0 Å². The highest BCUT2D eigenvalue weighted by atomic mass is 32.2. The minimum Gasteiger partial charge on any atom is -0.492 e. The summed E-state index contributed by atoms with van der Waals surface area (Å²) < 4.78 is 67.1. The number of ether oxygens (including phenoxy) is 2. The zero-order valence-corrected chi connectivity index (χ0v) is 24.1. The Labute approximate surface area is 242 Å². The number of fused-ring (bicyclic) bond motifs is 1. The number of nitrogens with two attached hydrogens (primary N) is 1. The van der Waals surface area contributed by atoms with Gasteiger partial charge in [-0.15, -0.1) is 0 Å². The number of anilines is 3. The second kappa shape index (κ2) is 12.4. The molecule has 1 fully saturated rings. The molecular formula is C29H32F2N6O4S. The molecule has 10 nitrogen and oxygen atoms in total. The summed E-state index contributed by atoms with van der Waals surface area (Å²) in [7, 11) is -3.94. The SMILES string of the molecule is CCOc1cc(-c2cccc(NS(=O)(=O)CCCF)c2F)cc2c(N3CCOC[C@@H]3C)nc(-c3ccc(N)nc3)nc12. The number of hydrogen-bond donors (Lipinski definition) is 2. The third-order valence-corrected chi connectivity index (χ3v) is 8.21. The number of nitrogens with zero attached hydrogens (tertiary/aromatic N) is 4. The molecule has 4 aromatic rings. The first-order chi connectivity index (χ1) is 20.2. The summed E-state index contributed by atoms with van der Waals surface area (Å²) in [6.07, 6.45) is 1.42. The fourth-order valence-electron chi connectivity index (χ4n) is 4.83. The van der Waals surface area contributed by atoms with Gasteiger partial charge in [-0.3, -0.25) is 9.11 Å². The average Bonchev–Trinajstić information content (AvgIpc) is 2.97. The Balaban J connectivity index is 1.70. The molecule has 13 heteroatoms. The number of rotatable bonds is 10. The summed E-state index contributed by atoms with van der Waals surface area (Å²) >= 11 is 0. The van der Waals surface area contributed by atoms with Crippen LogP contribution in [0.3, 0.4) is 0 Å². The number of nitrogen functional groups attached to an aromatic ring is 1. The van der Waals surface area contributed by atoms with Crippen molar-refractivity contribution in [2.75, 3.05) is 54.1 Å². The van der Waals surface area contributed by atoms with Crippen LogP contribution in [0.5, 0.6) is 5.75 Å². The standard InChI is InChI=1S/C29H32F2N6O4S/c1-3-41-24-15-20(21-6-4-7-23(26(21)31)36-42(38,39)13-5-10-30)14-22-27(24)34-28(19-8-9-25(32)33-16-19)35-29(22)37-11-12-40-17-18(37)2/h4,6-9,14-16,18,36H,3,5,10-13,17H2,1-2H3,(H2,32,33)/t18-/m0/s1. The van der Waals surface area contributed by atoms with Crippen LogP contribution in [0.2, 0.25) is 0 Å². The number of halogens is 2. The summed E-state index contributed by atoms with van der Waals surface area (Å²) in [5, 5.41) is 0.630. The minimum absolute atomic E-state index is 0.00719. The predicted molar refractivity (Wildman–Crippen MR) is 159 cm³/mol. The van der Waals surface area contributed by atoms with Crippen molar-refractivity contribution in [3.8, 4) is 28.3 Å². The first-order valence-corrected chi connectivity index (χ1v) is 15.3. The number of alkyl halides is 1. The smallest absolute Gasteiger partial charge is 0.232 e. The number of aromatic nitrogens is 3. The Hall–Kier alpha value is -4.10. The van der Waals surface area contributed by atoms with E-state index >= 15 is 4.39 Å². The van der Waals surface area contributed by atoms with E-state index in [0.29, 0.717) is 71.6 Å². The van der Waals surface area contributed by atoms with Gasteiger partial charge < -0.3 is 20.1 Å². The second-order valence-electron chi connectivity index (χ2n) is 9.89. The lowest BCUT2D eigenvalue weighted by Gasteiger charge is -2.35. The van der Waals surface area contributed by atoms with Crippen LogP contribution in [-0.2, 0) is 14.8 Å². The van der Waals surface area contributed by atoms with E-state index in [-0.39, 0.29) is 23.7 Å². The molecule has 1 atom stereocenters. The van der Waals surface area contributed by atoms with Gasteiger partial charge in [-0.1, -0.05) is 12.1 Å². The van der Waals surface area contributed by atoms with Crippen molar-refractivity contribution in [1.82, 2.24) is 15.0 Å². The molecule has 0 bridgehead atoms. The zero-order valence-electron chi connectivity index (χ0n) is 23.3. The van der Waals surface area contributed by atoms with E-state index in [9.17, 15) is 12.8 Å². The first-order valence-electron chi connectivity index (χ1n) is 13.6. The van der Waals surface area contributed by atoms with Gasteiger partial charge in [-0.2, -0.15) is 0 Å². The van der Waals surface area contributed by atoms with E-state index < -0.39 is 28.3 Å². The van der Waals surface area contributed by atoms with Crippen LogP contribution < -0.4 is 20.1 Å². The van der Waals surface area contributed by atoms with E-state index in [2.05, 4.69) is 14.6 Å². The molecule has 0 radical (unpaired) electrons. The van der Waals surface area contributed by atoms with Gasteiger partial charge in [-0.05, 0) is 56.2 Å². The number of nitrogens with one attached hydrogen (secondary N) is 1. The van der Waals surface area contributed by atoms with E-state index in [0.717, 1.165) is 0 Å². The lowest BCUT2D eigenvalue weighted by Crippen LogP contribution is -2.44. The summed E-state index contributed by atoms with van der Waals surface area (Å²) in [6, 6.07) is 11.3. The molecule has 1 saturated heterocycles. The van der Waals surface area contributed by atoms with E-state index in [1.54, 1.807) is 42.6 Å². The largest absolute Gasteiger partial charge is 0.492 e. The first kappa shape index (κ1) is 29.4. The highest BCUT2D eigenvalue weighted by molar-refractivity contribution is 7.92. The van der Waals surface area contributed by atoms with Gasteiger partial charge in [0, 0.05) is 29.3 Å². The van der Waals surface area contributed by atoms with Gasteiger partial charge >= 0.3 is 0 Å². The zero-order chi connectivity index (χ0) is 29.9. The van der Waals surface area contributed by atoms with Crippen LogP contribution in [0.4, 0.5) is 26.1 Å². The van der Waals surface area contributed by atoms with Crippen molar-refractivity contribution in [3.63, 3.8) is 0 Å². The molecule has 222 valence electrons. The average molecular weight is 599 g/mol. The topological polar surface area (TPSA) is 133 Å². The number of benzene rings is 2. The fraction of sp³-hybridized carbons (Fsp3) is 0.345. The molecule has 0 saturated carbocycles. The maximum atomic E-state index is 15.8. The lowest BCUT2D eigenvalue weighted by molar-refractivity contribution is 0.0987. The number of morpholine rings is 1. The molecule has 0 aliphatic carbocycles. The molecule has 2 aromatic carbocycles. The molecule has 2 aromatic heterocycles. The van der Waals surface area contributed by atoms with E-state index in [4.69, 9.17) is 25.2 Å². The maximum absolute atomic E-state index is 15.8. The molecule has 1 aliphatic heterocycles. The third-order valence-electron chi connectivity index (χ3n) is 6.85. The Morgan fingerprint density at radius 2 is 2.02 bits per heavy atom. The van der Waals surface area contributed by atoms with Gasteiger partial charge in [0.1, 0.15) is 22.9 Å². The fourth-order valence-corrected chi connectivity index (χ4v) is 5.91. The number of pyridine rings is 1.